The highest BCUT2D eigenvalue weighted by Crippen LogP contribution is 2.36. The van der Waals surface area contributed by atoms with Crippen LogP contribution in [0.2, 0.25) is 0 Å². The van der Waals surface area contributed by atoms with Crippen LogP contribution in [0.1, 0.15) is 29.3 Å². The van der Waals surface area contributed by atoms with Crippen LogP contribution in [-0.2, 0) is 0 Å². The summed E-state index contributed by atoms with van der Waals surface area (Å²) < 4.78 is 22.3. The van der Waals surface area contributed by atoms with Gasteiger partial charge in [-0.05, 0) is 58.2 Å². The second-order valence-electron chi connectivity index (χ2n) is 5.65. The minimum absolute atomic E-state index is 0.160. The van der Waals surface area contributed by atoms with Crippen molar-refractivity contribution in [1.29, 1.82) is 0 Å². The molecule has 0 unspecified atom stereocenters. The van der Waals surface area contributed by atoms with Gasteiger partial charge in [-0.15, -0.1) is 0 Å². The Morgan fingerprint density at radius 3 is 2.89 bits per heavy atom. The molecule has 3 rings (SSSR count). The van der Waals surface area contributed by atoms with Gasteiger partial charge in [0.1, 0.15) is 0 Å². The number of amides is 1. The molecule has 0 aliphatic carbocycles. The SMILES string of the molecule is CCCOc1c(Br)cc(/C=N/NC(=O)c2ccc3c(c2)OCO3)cc1OC. The lowest BCUT2D eigenvalue weighted by Crippen LogP contribution is -2.17. The van der Waals surface area contributed by atoms with E-state index in [1.54, 1.807) is 31.4 Å². The van der Waals surface area contributed by atoms with Crippen molar-refractivity contribution in [2.45, 2.75) is 13.3 Å². The van der Waals surface area contributed by atoms with E-state index in [-0.39, 0.29) is 12.7 Å². The zero-order valence-corrected chi connectivity index (χ0v) is 16.5. The first kappa shape index (κ1) is 19.0. The Labute approximate surface area is 165 Å². The summed E-state index contributed by atoms with van der Waals surface area (Å²) in [5, 5.41) is 4.01. The van der Waals surface area contributed by atoms with Gasteiger partial charge in [0.25, 0.3) is 5.91 Å². The van der Waals surface area contributed by atoms with Crippen LogP contribution >= 0.6 is 15.9 Å². The first-order chi connectivity index (χ1) is 13.1. The summed E-state index contributed by atoms with van der Waals surface area (Å²) >= 11 is 3.48. The van der Waals surface area contributed by atoms with Gasteiger partial charge < -0.3 is 18.9 Å². The molecule has 8 heteroatoms. The van der Waals surface area contributed by atoms with Gasteiger partial charge in [-0.25, -0.2) is 5.43 Å². The molecule has 1 heterocycles. The Morgan fingerprint density at radius 1 is 1.30 bits per heavy atom. The zero-order chi connectivity index (χ0) is 19.2. The Bertz CT molecular complexity index is 869. The van der Waals surface area contributed by atoms with E-state index in [0.717, 1.165) is 16.5 Å². The fourth-order valence-electron chi connectivity index (χ4n) is 2.43. The van der Waals surface area contributed by atoms with E-state index in [9.17, 15) is 4.79 Å². The van der Waals surface area contributed by atoms with Gasteiger partial charge in [-0.3, -0.25) is 4.79 Å². The standard InChI is InChI=1S/C19H19BrN2O5/c1-3-6-25-18-14(20)7-12(8-17(18)24-2)10-21-22-19(23)13-4-5-15-16(9-13)27-11-26-15/h4-5,7-10H,3,6,11H2,1-2H3,(H,22,23)/b21-10+. The van der Waals surface area contributed by atoms with E-state index in [0.29, 0.717) is 35.2 Å². The third-order valence-corrected chi connectivity index (χ3v) is 4.31. The van der Waals surface area contributed by atoms with Gasteiger partial charge >= 0.3 is 0 Å². The van der Waals surface area contributed by atoms with Crippen LogP contribution in [0.4, 0.5) is 0 Å². The zero-order valence-electron chi connectivity index (χ0n) is 15.0. The van der Waals surface area contributed by atoms with E-state index in [4.69, 9.17) is 18.9 Å². The average molecular weight is 435 g/mol. The van der Waals surface area contributed by atoms with Crippen molar-refractivity contribution < 1.29 is 23.7 Å². The molecule has 1 aliphatic rings. The number of hydrazone groups is 1. The molecule has 0 bridgehead atoms. The molecule has 0 atom stereocenters. The van der Waals surface area contributed by atoms with Crippen LogP contribution in [0.5, 0.6) is 23.0 Å². The van der Waals surface area contributed by atoms with Gasteiger partial charge in [0.15, 0.2) is 23.0 Å². The number of hydrogen-bond donors (Lipinski definition) is 1. The highest BCUT2D eigenvalue weighted by molar-refractivity contribution is 9.10. The fraction of sp³-hybridized carbons (Fsp3) is 0.263. The summed E-state index contributed by atoms with van der Waals surface area (Å²) in [6.07, 6.45) is 2.42. The molecule has 1 aliphatic heterocycles. The number of halogens is 1. The first-order valence-corrected chi connectivity index (χ1v) is 9.15. The van der Waals surface area contributed by atoms with Crippen molar-refractivity contribution in [2.75, 3.05) is 20.5 Å². The molecule has 0 fully saturated rings. The Balaban J connectivity index is 1.68. The second kappa shape index (κ2) is 8.77. The normalized spacial score (nSPS) is 12.3. The van der Waals surface area contributed by atoms with E-state index >= 15 is 0 Å². The summed E-state index contributed by atoms with van der Waals surface area (Å²) in [4.78, 5) is 12.2. The number of fused-ring (bicyclic) bond motifs is 1. The Hall–Kier alpha value is -2.74. The van der Waals surface area contributed by atoms with Crippen molar-refractivity contribution in [3.05, 3.63) is 45.9 Å². The van der Waals surface area contributed by atoms with Crippen LogP contribution in [0.15, 0.2) is 39.9 Å². The van der Waals surface area contributed by atoms with Gasteiger partial charge in [-0.2, -0.15) is 5.10 Å². The number of carbonyl (C=O) groups is 1. The lowest BCUT2D eigenvalue weighted by atomic mass is 10.2. The number of rotatable bonds is 7. The van der Waals surface area contributed by atoms with Crippen molar-refractivity contribution in [3.8, 4) is 23.0 Å². The molecule has 1 N–H and O–H groups in total. The lowest BCUT2D eigenvalue weighted by Gasteiger charge is -2.12. The van der Waals surface area contributed by atoms with E-state index < -0.39 is 0 Å². The molecular formula is C19H19BrN2O5. The number of methoxy groups -OCH3 is 1. The predicted molar refractivity (Wildman–Crippen MR) is 104 cm³/mol. The Morgan fingerprint density at radius 2 is 2.11 bits per heavy atom. The summed E-state index contributed by atoms with van der Waals surface area (Å²) in [6.45, 7) is 2.78. The van der Waals surface area contributed by atoms with E-state index in [2.05, 4.69) is 26.5 Å². The maximum Gasteiger partial charge on any atom is 0.271 e. The monoisotopic (exact) mass is 434 g/mol. The number of nitrogens with one attached hydrogen (secondary N) is 1. The number of ether oxygens (including phenoxy) is 4. The minimum atomic E-state index is -0.349. The van der Waals surface area contributed by atoms with Gasteiger partial charge in [0, 0.05) is 5.56 Å². The van der Waals surface area contributed by atoms with Gasteiger partial charge in [-0.1, -0.05) is 6.92 Å². The molecule has 2 aromatic carbocycles. The molecule has 1 amide bonds. The topological polar surface area (TPSA) is 78.4 Å². The Kier molecular flexibility index (Phi) is 6.18. The average Bonchev–Trinajstić information content (AvgIpc) is 3.14. The maximum absolute atomic E-state index is 12.2. The van der Waals surface area contributed by atoms with Crippen LogP contribution in [0, 0.1) is 0 Å². The van der Waals surface area contributed by atoms with Crippen LogP contribution in [-0.4, -0.2) is 32.6 Å². The first-order valence-electron chi connectivity index (χ1n) is 8.35. The van der Waals surface area contributed by atoms with Crippen LogP contribution in [0.3, 0.4) is 0 Å². The molecule has 0 aromatic heterocycles. The summed E-state index contributed by atoms with van der Waals surface area (Å²) in [6, 6.07) is 8.58. The van der Waals surface area contributed by atoms with Crippen molar-refractivity contribution in [2.24, 2.45) is 5.10 Å². The summed E-state index contributed by atoms with van der Waals surface area (Å²) in [7, 11) is 1.57. The third-order valence-electron chi connectivity index (χ3n) is 3.72. The third kappa shape index (κ3) is 4.51. The molecular weight excluding hydrogens is 416 g/mol. The number of benzene rings is 2. The summed E-state index contributed by atoms with van der Waals surface area (Å²) in [5.74, 6) is 2.04. The fourth-order valence-corrected chi connectivity index (χ4v) is 3.00. The van der Waals surface area contributed by atoms with Crippen LogP contribution in [0.25, 0.3) is 0 Å². The predicted octanol–water partition coefficient (Wildman–Crippen LogP) is 3.74. The van der Waals surface area contributed by atoms with E-state index in [1.165, 1.54) is 6.21 Å². The lowest BCUT2D eigenvalue weighted by molar-refractivity contribution is 0.0954. The quantitative estimate of drug-likeness (QED) is 0.530. The van der Waals surface area contributed by atoms with Crippen molar-refractivity contribution in [3.63, 3.8) is 0 Å². The molecule has 27 heavy (non-hydrogen) atoms. The minimum Gasteiger partial charge on any atom is -0.493 e. The molecule has 2 aromatic rings. The number of nitrogens with zero attached hydrogens (tertiary/aromatic N) is 1. The second-order valence-corrected chi connectivity index (χ2v) is 6.50. The maximum atomic E-state index is 12.2. The van der Waals surface area contributed by atoms with E-state index in [1.807, 2.05) is 13.0 Å². The summed E-state index contributed by atoms with van der Waals surface area (Å²) in [5.41, 5.74) is 3.66. The molecule has 0 spiro atoms. The molecule has 0 saturated heterocycles. The highest BCUT2D eigenvalue weighted by atomic mass is 79.9. The highest BCUT2D eigenvalue weighted by Gasteiger charge is 2.16. The van der Waals surface area contributed by atoms with Crippen molar-refractivity contribution in [1.82, 2.24) is 5.43 Å². The van der Waals surface area contributed by atoms with Crippen molar-refractivity contribution >= 4 is 28.1 Å². The van der Waals surface area contributed by atoms with Crippen LogP contribution < -0.4 is 24.4 Å². The largest absolute Gasteiger partial charge is 0.493 e. The number of hydrogen-bond acceptors (Lipinski definition) is 6. The van der Waals surface area contributed by atoms with Gasteiger partial charge in [0.2, 0.25) is 6.79 Å². The number of carbonyl (C=O) groups excluding carboxylic acids is 1. The molecule has 142 valence electrons. The molecule has 0 radical (unpaired) electrons. The molecule has 0 saturated carbocycles. The van der Waals surface area contributed by atoms with Gasteiger partial charge in [0.05, 0.1) is 24.4 Å². The molecule has 7 nitrogen and oxygen atoms in total. The smallest absolute Gasteiger partial charge is 0.271 e.